The van der Waals surface area contributed by atoms with Crippen molar-refractivity contribution in [2.45, 2.75) is 64.6 Å². The van der Waals surface area contributed by atoms with E-state index in [1.54, 1.807) is 36.1 Å². The van der Waals surface area contributed by atoms with Gasteiger partial charge >= 0.3 is 6.09 Å². The molecule has 0 atom stereocenters. The normalized spacial score (nSPS) is 17.3. The number of nitrogens with one attached hydrogen (secondary N) is 1. The maximum Gasteiger partial charge on any atom is 0.410 e. The highest BCUT2D eigenvalue weighted by Crippen LogP contribution is 2.39. The molecule has 2 aromatic rings. The number of amides is 2. The van der Waals surface area contributed by atoms with Crippen molar-refractivity contribution in [2.75, 3.05) is 18.4 Å². The van der Waals surface area contributed by atoms with Crippen LogP contribution in [0.2, 0.25) is 0 Å². The number of carbonyl (C=O) groups excluding carboxylic acids is 2. The number of aromatic nitrogens is 3. The quantitative estimate of drug-likeness (QED) is 0.633. The molecule has 0 unspecified atom stereocenters. The Balaban J connectivity index is 1.30. The van der Waals surface area contributed by atoms with Gasteiger partial charge < -0.3 is 19.7 Å². The number of hydrogen-bond acceptors (Lipinski definition) is 7. The van der Waals surface area contributed by atoms with Crippen molar-refractivity contribution in [2.24, 2.45) is 0 Å². The van der Waals surface area contributed by atoms with Crippen LogP contribution in [0.1, 0.15) is 50.7 Å². The summed E-state index contributed by atoms with van der Waals surface area (Å²) in [5.41, 5.74) is 1.94. The third-order valence-electron chi connectivity index (χ3n) is 5.51. The smallest absolute Gasteiger partial charge is 0.410 e. The number of pyridine rings is 1. The van der Waals surface area contributed by atoms with Crippen LogP contribution in [0, 0.1) is 6.92 Å². The highest BCUT2D eigenvalue weighted by atomic mass is 19.3. The van der Waals surface area contributed by atoms with E-state index in [-0.39, 0.29) is 31.0 Å². The molecule has 0 bridgehead atoms. The molecule has 1 saturated carbocycles. The van der Waals surface area contributed by atoms with E-state index in [1.807, 2.05) is 26.8 Å². The van der Waals surface area contributed by atoms with Crippen molar-refractivity contribution in [3.05, 3.63) is 47.4 Å². The Morgan fingerprint density at radius 2 is 1.94 bits per heavy atom. The topological polar surface area (TPSA) is 107 Å². The zero-order valence-electron chi connectivity index (χ0n) is 20.7. The minimum atomic E-state index is -2.67. The maximum absolute atomic E-state index is 13.1. The van der Waals surface area contributed by atoms with Gasteiger partial charge in [0.05, 0.1) is 24.4 Å². The molecule has 2 aliphatic rings. The SMILES string of the molecule is Cc1cc(OC2CC(F)(F)C2)cc(CC(=O)Nc2ccc(C3=CCN(C(=O)OC(C)(C)C)C3)nn2)n1. The van der Waals surface area contributed by atoms with Gasteiger partial charge in [0.2, 0.25) is 5.91 Å². The molecule has 36 heavy (non-hydrogen) atoms. The van der Waals surface area contributed by atoms with Gasteiger partial charge in [-0.3, -0.25) is 9.78 Å². The number of alkyl halides is 2. The third kappa shape index (κ3) is 6.73. The summed E-state index contributed by atoms with van der Waals surface area (Å²) in [5, 5.41) is 10.9. The number of aryl methyl sites for hydroxylation is 1. The summed E-state index contributed by atoms with van der Waals surface area (Å²) in [6.07, 6.45) is 0.292. The average molecular weight is 502 g/mol. The van der Waals surface area contributed by atoms with Crippen LogP contribution in [0.5, 0.6) is 5.75 Å². The lowest BCUT2D eigenvalue weighted by Gasteiger charge is -2.34. The van der Waals surface area contributed by atoms with Gasteiger partial charge in [-0.2, -0.15) is 0 Å². The molecule has 1 fully saturated rings. The van der Waals surface area contributed by atoms with Crippen LogP contribution in [0.3, 0.4) is 0 Å². The third-order valence-corrected chi connectivity index (χ3v) is 5.51. The Morgan fingerprint density at radius 3 is 2.58 bits per heavy atom. The van der Waals surface area contributed by atoms with Gasteiger partial charge in [-0.25, -0.2) is 13.6 Å². The molecule has 0 radical (unpaired) electrons. The van der Waals surface area contributed by atoms with Crippen molar-refractivity contribution >= 4 is 23.4 Å². The van der Waals surface area contributed by atoms with Gasteiger partial charge in [-0.1, -0.05) is 6.08 Å². The van der Waals surface area contributed by atoms with Crippen molar-refractivity contribution < 1.29 is 27.8 Å². The molecule has 9 nitrogen and oxygen atoms in total. The standard InChI is InChI=1S/C25H29F2N5O4/c1-15-9-18(35-19-12-25(26,27)13-19)10-17(28-15)11-22(33)29-21-6-5-20(30-31-21)16-7-8-32(14-16)23(34)36-24(2,3)4/h5-7,9-10,19H,8,11-14H2,1-4H3,(H,29,31,33). The van der Waals surface area contributed by atoms with Gasteiger partial charge in [-0.05, 0) is 45.4 Å². The van der Waals surface area contributed by atoms with Gasteiger partial charge in [0.1, 0.15) is 17.5 Å². The van der Waals surface area contributed by atoms with Gasteiger partial charge in [0, 0.05) is 37.2 Å². The maximum atomic E-state index is 13.1. The average Bonchev–Trinajstić information content (AvgIpc) is 3.22. The van der Waals surface area contributed by atoms with Crippen molar-refractivity contribution in [3.8, 4) is 5.75 Å². The second kappa shape index (κ2) is 9.79. The van der Waals surface area contributed by atoms with Crippen LogP contribution < -0.4 is 10.1 Å². The van der Waals surface area contributed by atoms with E-state index in [9.17, 15) is 18.4 Å². The molecule has 2 aromatic heterocycles. The largest absolute Gasteiger partial charge is 0.490 e. The van der Waals surface area contributed by atoms with E-state index < -0.39 is 23.7 Å². The lowest BCUT2D eigenvalue weighted by Crippen LogP contribution is -2.43. The van der Waals surface area contributed by atoms with Crippen LogP contribution in [-0.2, 0) is 16.0 Å². The van der Waals surface area contributed by atoms with Crippen molar-refractivity contribution in [3.63, 3.8) is 0 Å². The number of halogens is 2. The first kappa shape index (κ1) is 25.5. The number of ether oxygens (including phenoxy) is 2. The minimum Gasteiger partial charge on any atom is -0.490 e. The van der Waals surface area contributed by atoms with Crippen LogP contribution >= 0.6 is 0 Å². The van der Waals surface area contributed by atoms with Crippen LogP contribution in [0.15, 0.2) is 30.3 Å². The first-order chi connectivity index (χ1) is 16.8. The first-order valence-electron chi connectivity index (χ1n) is 11.7. The predicted molar refractivity (Wildman–Crippen MR) is 128 cm³/mol. The summed E-state index contributed by atoms with van der Waals surface area (Å²) >= 11 is 0. The zero-order chi connectivity index (χ0) is 26.1. The number of anilines is 1. The molecule has 0 aromatic carbocycles. The summed E-state index contributed by atoms with van der Waals surface area (Å²) in [4.78, 5) is 30.7. The predicted octanol–water partition coefficient (Wildman–Crippen LogP) is 4.17. The lowest BCUT2D eigenvalue weighted by molar-refractivity contribution is -0.134. The number of hydrogen-bond donors (Lipinski definition) is 1. The molecular weight excluding hydrogens is 472 g/mol. The fraction of sp³-hybridized carbons (Fsp3) is 0.480. The molecule has 4 rings (SSSR count). The number of rotatable bonds is 6. The molecule has 192 valence electrons. The van der Waals surface area contributed by atoms with E-state index in [1.165, 1.54) is 0 Å². The number of carbonyl (C=O) groups is 2. The Morgan fingerprint density at radius 1 is 1.19 bits per heavy atom. The molecule has 0 spiro atoms. The monoisotopic (exact) mass is 501 g/mol. The van der Waals surface area contributed by atoms with Gasteiger partial charge in [0.15, 0.2) is 5.82 Å². The molecular formula is C25H29F2N5O4. The summed E-state index contributed by atoms with van der Waals surface area (Å²) in [5.74, 6) is -2.34. The fourth-order valence-electron chi connectivity index (χ4n) is 3.87. The highest BCUT2D eigenvalue weighted by molar-refractivity contribution is 5.91. The molecule has 1 N–H and O–H groups in total. The van der Waals surface area contributed by atoms with E-state index in [4.69, 9.17) is 9.47 Å². The summed E-state index contributed by atoms with van der Waals surface area (Å²) < 4.78 is 37.1. The summed E-state index contributed by atoms with van der Waals surface area (Å²) in [6.45, 7) is 7.97. The Labute approximate surface area is 207 Å². The van der Waals surface area contributed by atoms with Gasteiger partial charge in [0.25, 0.3) is 5.92 Å². The van der Waals surface area contributed by atoms with E-state index in [0.29, 0.717) is 35.9 Å². The highest BCUT2D eigenvalue weighted by Gasteiger charge is 2.47. The molecule has 0 saturated heterocycles. The molecule has 11 heteroatoms. The van der Waals surface area contributed by atoms with E-state index in [0.717, 1.165) is 5.57 Å². The second-order valence-corrected chi connectivity index (χ2v) is 10.1. The molecule has 3 heterocycles. The summed E-state index contributed by atoms with van der Waals surface area (Å²) in [6, 6.07) is 6.59. The minimum absolute atomic E-state index is 0.0434. The Hall–Kier alpha value is -3.63. The Bertz CT molecular complexity index is 1170. The molecule has 2 amide bonds. The lowest BCUT2D eigenvalue weighted by atomic mass is 9.91. The van der Waals surface area contributed by atoms with Crippen LogP contribution in [-0.4, -0.2) is 62.8 Å². The van der Waals surface area contributed by atoms with Gasteiger partial charge in [-0.15, -0.1) is 10.2 Å². The summed E-state index contributed by atoms with van der Waals surface area (Å²) in [7, 11) is 0. The molecule has 1 aliphatic heterocycles. The van der Waals surface area contributed by atoms with E-state index >= 15 is 0 Å². The molecule has 1 aliphatic carbocycles. The van der Waals surface area contributed by atoms with Crippen LogP contribution in [0.4, 0.5) is 19.4 Å². The zero-order valence-corrected chi connectivity index (χ0v) is 20.7. The second-order valence-electron chi connectivity index (χ2n) is 10.1. The van der Waals surface area contributed by atoms with Crippen LogP contribution in [0.25, 0.3) is 5.57 Å². The van der Waals surface area contributed by atoms with Crippen molar-refractivity contribution in [1.29, 1.82) is 0 Å². The van der Waals surface area contributed by atoms with Crippen molar-refractivity contribution in [1.82, 2.24) is 20.1 Å². The first-order valence-corrected chi connectivity index (χ1v) is 11.7. The fourth-order valence-corrected chi connectivity index (χ4v) is 3.87. The number of nitrogens with zero attached hydrogens (tertiary/aromatic N) is 4. The Kier molecular flexibility index (Phi) is 6.92. The van der Waals surface area contributed by atoms with E-state index in [2.05, 4.69) is 20.5 Å².